The van der Waals surface area contributed by atoms with Crippen LogP contribution in [0.5, 0.6) is 5.75 Å². The van der Waals surface area contributed by atoms with Crippen LogP contribution in [0, 0.1) is 5.92 Å². The van der Waals surface area contributed by atoms with Crippen molar-refractivity contribution in [2.75, 3.05) is 24.7 Å². The van der Waals surface area contributed by atoms with Crippen molar-refractivity contribution in [2.45, 2.75) is 32.7 Å². The van der Waals surface area contributed by atoms with Gasteiger partial charge in [-0.2, -0.15) is 0 Å². The van der Waals surface area contributed by atoms with Gasteiger partial charge in [0, 0.05) is 12.6 Å². The normalized spacial score (nSPS) is 15.9. The maximum atomic E-state index is 11.9. The van der Waals surface area contributed by atoms with Crippen LogP contribution in [-0.2, 0) is 4.79 Å². The lowest BCUT2D eigenvalue weighted by atomic mass is 9.89. The number of anilines is 1. The maximum Gasteiger partial charge on any atom is 0.265 e. The Morgan fingerprint density at radius 1 is 1.38 bits per heavy atom. The lowest BCUT2D eigenvalue weighted by Gasteiger charge is -2.30. The number of nitrogens with zero attached hydrogens (tertiary/aromatic N) is 1. The zero-order valence-electron chi connectivity index (χ0n) is 12.7. The van der Waals surface area contributed by atoms with E-state index in [0.717, 1.165) is 18.4 Å². The van der Waals surface area contributed by atoms with Crippen LogP contribution in [0.15, 0.2) is 18.2 Å². The van der Waals surface area contributed by atoms with E-state index in [1.54, 1.807) is 4.90 Å². The molecule has 1 atom stereocenters. The number of benzene rings is 1. The summed E-state index contributed by atoms with van der Waals surface area (Å²) in [6.45, 7) is 4.49. The summed E-state index contributed by atoms with van der Waals surface area (Å²) in [6.07, 6.45) is 2.04. The fourth-order valence-corrected chi connectivity index (χ4v) is 2.84. The zero-order valence-corrected chi connectivity index (χ0v) is 12.7. The number of ether oxygens (including phenoxy) is 1. The van der Waals surface area contributed by atoms with Gasteiger partial charge in [-0.1, -0.05) is 32.8 Å². The zero-order chi connectivity index (χ0) is 15.4. The topological polar surface area (TPSA) is 75.8 Å². The molecule has 5 heteroatoms. The first-order valence-electron chi connectivity index (χ1n) is 7.55. The van der Waals surface area contributed by atoms with Gasteiger partial charge in [0.1, 0.15) is 5.75 Å². The SMILES string of the molecule is CCC(CC)C(N)c1ccc2c(c1)N(CCO)C(=O)CO2. The highest BCUT2D eigenvalue weighted by Crippen LogP contribution is 2.36. The number of amides is 1. The van der Waals surface area contributed by atoms with Crippen molar-refractivity contribution in [3.63, 3.8) is 0 Å². The molecule has 5 nitrogen and oxygen atoms in total. The number of aliphatic hydroxyl groups excluding tert-OH is 1. The minimum absolute atomic E-state index is 0.0188. The van der Waals surface area contributed by atoms with Crippen LogP contribution < -0.4 is 15.4 Å². The van der Waals surface area contributed by atoms with Gasteiger partial charge in [-0.05, 0) is 23.6 Å². The predicted octanol–water partition coefficient (Wildman–Crippen LogP) is 1.84. The van der Waals surface area contributed by atoms with Crippen LogP contribution in [0.2, 0.25) is 0 Å². The minimum Gasteiger partial charge on any atom is -0.482 e. The average molecular weight is 292 g/mol. The summed E-state index contributed by atoms with van der Waals surface area (Å²) in [5.74, 6) is 0.947. The molecule has 21 heavy (non-hydrogen) atoms. The predicted molar refractivity (Wildman–Crippen MR) is 82.4 cm³/mol. The molecule has 0 saturated heterocycles. The third kappa shape index (κ3) is 3.19. The number of β-amino-alcohol motifs (C(OH)–C–C–N with tert-alkyl or cyclic N) is 1. The highest BCUT2D eigenvalue weighted by atomic mass is 16.5. The van der Waals surface area contributed by atoms with Crippen LogP contribution in [-0.4, -0.2) is 30.8 Å². The van der Waals surface area contributed by atoms with Gasteiger partial charge >= 0.3 is 0 Å². The van der Waals surface area contributed by atoms with Gasteiger partial charge in [0.2, 0.25) is 0 Å². The number of nitrogens with two attached hydrogens (primary N) is 1. The Kier molecular flexibility index (Phi) is 5.20. The van der Waals surface area contributed by atoms with Crippen LogP contribution >= 0.6 is 0 Å². The largest absolute Gasteiger partial charge is 0.482 e. The van der Waals surface area contributed by atoms with Gasteiger partial charge in [-0.3, -0.25) is 4.79 Å². The van der Waals surface area contributed by atoms with Crippen LogP contribution in [0.4, 0.5) is 5.69 Å². The standard InChI is InChI=1S/C16H24N2O3/c1-3-11(4-2)16(17)12-5-6-14-13(9-12)18(7-8-19)15(20)10-21-14/h5-6,9,11,16,19H,3-4,7-8,10,17H2,1-2H3. The van der Waals surface area contributed by atoms with Gasteiger partial charge in [-0.15, -0.1) is 0 Å². The number of carbonyl (C=O) groups excluding carboxylic acids is 1. The first kappa shape index (κ1) is 15.8. The lowest BCUT2D eigenvalue weighted by molar-refractivity contribution is -0.121. The number of fused-ring (bicyclic) bond motifs is 1. The first-order valence-corrected chi connectivity index (χ1v) is 7.55. The molecule has 1 aliphatic heterocycles. The van der Waals surface area contributed by atoms with E-state index >= 15 is 0 Å². The molecule has 0 spiro atoms. The highest BCUT2D eigenvalue weighted by molar-refractivity contribution is 5.97. The summed E-state index contributed by atoms with van der Waals surface area (Å²) in [5, 5.41) is 9.15. The molecule has 0 fully saturated rings. The van der Waals surface area contributed by atoms with Crippen molar-refractivity contribution in [1.29, 1.82) is 0 Å². The van der Waals surface area contributed by atoms with E-state index in [2.05, 4.69) is 13.8 Å². The molecule has 1 amide bonds. The Hall–Kier alpha value is -1.59. The highest BCUT2D eigenvalue weighted by Gasteiger charge is 2.26. The number of rotatable bonds is 6. The second-order valence-electron chi connectivity index (χ2n) is 5.39. The molecule has 1 aromatic carbocycles. The molecule has 1 aliphatic rings. The Morgan fingerprint density at radius 2 is 2.10 bits per heavy atom. The molecule has 2 rings (SSSR count). The molecule has 116 valence electrons. The quantitative estimate of drug-likeness (QED) is 0.839. The molecule has 0 aliphatic carbocycles. The van der Waals surface area contributed by atoms with Gasteiger partial charge < -0.3 is 20.5 Å². The van der Waals surface area contributed by atoms with E-state index in [-0.39, 0.29) is 31.7 Å². The Morgan fingerprint density at radius 3 is 2.71 bits per heavy atom. The van der Waals surface area contributed by atoms with Crippen molar-refractivity contribution < 1.29 is 14.6 Å². The molecule has 0 saturated carbocycles. The Labute approximate surface area is 125 Å². The van der Waals surface area contributed by atoms with Crippen LogP contribution in [0.3, 0.4) is 0 Å². The lowest BCUT2D eigenvalue weighted by Crippen LogP contribution is -2.40. The van der Waals surface area contributed by atoms with Crippen molar-refractivity contribution in [3.8, 4) is 5.75 Å². The van der Waals surface area contributed by atoms with E-state index in [0.29, 0.717) is 17.4 Å². The maximum absolute atomic E-state index is 11.9. The Bertz CT molecular complexity index is 500. The summed E-state index contributed by atoms with van der Waals surface area (Å²) in [5.41, 5.74) is 8.06. The summed E-state index contributed by atoms with van der Waals surface area (Å²) in [7, 11) is 0. The van der Waals surface area contributed by atoms with Gasteiger partial charge in [-0.25, -0.2) is 0 Å². The number of carbonyl (C=O) groups is 1. The van der Waals surface area contributed by atoms with Crippen molar-refractivity contribution in [3.05, 3.63) is 23.8 Å². The second-order valence-corrected chi connectivity index (χ2v) is 5.39. The smallest absolute Gasteiger partial charge is 0.265 e. The third-order valence-electron chi connectivity index (χ3n) is 4.19. The fraction of sp³-hybridized carbons (Fsp3) is 0.562. The first-order chi connectivity index (χ1) is 10.1. The number of hydrogen-bond acceptors (Lipinski definition) is 4. The van der Waals surface area contributed by atoms with E-state index < -0.39 is 0 Å². The van der Waals surface area contributed by atoms with E-state index in [1.807, 2.05) is 18.2 Å². The second kappa shape index (κ2) is 6.91. The minimum atomic E-state index is -0.134. The van der Waals surface area contributed by atoms with E-state index in [4.69, 9.17) is 15.6 Å². The van der Waals surface area contributed by atoms with Crippen LogP contribution in [0.1, 0.15) is 38.3 Å². The summed E-state index contributed by atoms with van der Waals surface area (Å²) < 4.78 is 5.45. The molecule has 1 aromatic rings. The van der Waals surface area contributed by atoms with Crippen LogP contribution in [0.25, 0.3) is 0 Å². The van der Waals surface area contributed by atoms with Crippen molar-refractivity contribution >= 4 is 11.6 Å². The molecule has 0 bridgehead atoms. The summed E-state index contributed by atoms with van der Waals surface area (Å²) in [4.78, 5) is 13.5. The molecule has 0 aromatic heterocycles. The third-order valence-corrected chi connectivity index (χ3v) is 4.19. The molecule has 3 N–H and O–H groups in total. The van der Waals surface area contributed by atoms with E-state index in [9.17, 15) is 4.79 Å². The Balaban J connectivity index is 2.34. The molecule has 0 radical (unpaired) electrons. The van der Waals surface area contributed by atoms with Gasteiger partial charge in [0.05, 0.1) is 12.3 Å². The van der Waals surface area contributed by atoms with E-state index in [1.165, 1.54) is 0 Å². The number of aliphatic hydroxyl groups is 1. The molecule has 1 heterocycles. The number of hydrogen-bond donors (Lipinski definition) is 2. The molecule has 1 unspecified atom stereocenters. The summed E-state index contributed by atoms with van der Waals surface area (Å²) in [6, 6.07) is 5.70. The molecular weight excluding hydrogens is 268 g/mol. The average Bonchev–Trinajstić information content (AvgIpc) is 2.51. The van der Waals surface area contributed by atoms with Crippen molar-refractivity contribution in [1.82, 2.24) is 0 Å². The summed E-state index contributed by atoms with van der Waals surface area (Å²) >= 11 is 0. The molecular formula is C16H24N2O3. The van der Waals surface area contributed by atoms with Gasteiger partial charge in [0.25, 0.3) is 5.91 Å². The van der Waals surface area contributed by atoms with Crippen molar-refractivity contribution in [2.24, 2.45) is 11.7 Å². The van der Waals surface area contributed by atoms with Gasteiger partial charge in [0.15, 0.2) is 6.61 Å². The fourth-order valence-electron chi connectivity index (χ4n) is 2.84. The monoisotopic (exact) mass is 292 g/mol.